The minimum atomic E-state index is -0.224. The Balaban J connectivity index is 1.45. The number of rotatable bonds is 5. The molecule has 1 fully saturated rings. The maximum atomic E-state index is 12.1. The number of hydrogen-bond donors (Lipinski definition) is 2. The van der Waals surface area contributed by atoms with E-state index in [9.17, 15) is 4.79 Å². The van der Waals surface area contributed by atoms with Crippen molar-refractivity contribution in [1.82, 2.24) is 10.2 Å². The molecule has 6 heteroatoms. The van der Waals surface area contributed by atoms with Gasteiger partial charge in [0.2, 0.25) is 0 Å². The van der Waals surface area contributed by atoms with Gasteiger partial charge >= 0.3 is 6.03 Å². The second-order valence-electron chi connectivity index (χ2n) is 6.70. The number of anilines is 1. The van der Waals surface area contributed by atoms with Gasteiger partial charge in [-0.3, -0.25) is 4.90 Å². The first-order valence-electron chi connectivity index (χ1n) is 8.82. The van der Waals surface area contributed by atoms with E-state index < -0.39 is 0 Å². The SMILES string of the molecule is C[C@@H](c1ccccc1)N1CC[C@@H](CNC(=O)Nc2ccc(Cl)c(Cl)c2)C1. The molecule has 1 aliphatic rings. The second-order valence-corrected chi connectivity index (χ2v) is 7.51. The van der Waals surface area contributed by atoms with Gasteiger partial charge in [-0.1, -0.05) is 53.5 Å². The summed E-state index contributed by atoms with van der Waals surface area (Å²) in [5, 5.41) is 6.63. The lowest BCUT2D eigenvalue weighted by Crippen LogP contribution is -2.34. The molecule has 1 heterocycles. The summed E-state index contributed by atoms with van der Waals surface area (Å²) in [6.45, 7) is 4.94. The van der Waals surface area contributed by atoms with Crippen LogP contribution in [0, 0.1) is 5.92 Å². The Morgan fingerprint density at radius 3 is 2.69 bits per heavy atom. The number of carbonyl (C=O) groups excluding carboxylic acids is 1. The average Bonchev–Trinajstić information content (AvgIpc) is 3.12. The zero-order valence-corrected chi connectivity index (χ0v) is 16.2. The Labute approximate surface area is 164 Å². The molecule has 0 bridgehead atoms. The van der Waals surface area contributed by atoms with Crippen LogP contribution < -0.4 is 10.6 Å². The van der Waals surface area contributed by atoms with Crippen LogP contribution in [0.3, 0.4) is 0 Å². The van der Waals surface area contributed by atoms with Crippen LogP contribution in [0.5, 0.6) is 0 Å². The minimum Gasteiger partial charge on any atom is -0.338 e. The van der Waals surface area contributed by atoms with E-state index in [0.29, 0.717) is 34.2 Å². The van der Waals surface area contributed by atoms with Gasteiger partial charge < -0.3 is 10.6 Å². The summed E-state index contributed by atoms with van der Waals surface area (Å²) >= 11 is 11.8. The van der Waals surface area contributed by atoms with E-state index in [1.54, 1.807) is 18.2 Å². The van der Waals surface area contributed by atoms with Crippen LogP contribution in [0.15, 0.2) is 48.5 Å². The van der Waals surface area contributed by atoms with E-state index in [0.717, 1.165) is 19.5 Å². The van der Waals surface area contributed by atoms with Crippen molar-refractivity contribution in [3.63, 3.8) is 0 Å². The molecule has 1 saturated heterocycles. The average molecular weight is 392 g/mol. The van der Waals surface area contributed by atoms with Crippen molar-refractivity contribution >= 4 is 34.9 Å². The zero-order valence-electron chi connectivity index (χ0n) is 14.7. The molecule has 2 atom stereocenters. The maximum Gasteiger partial charge on any atom is 0.319 e. The standard InChI is InChI=1S/C20H23Cl2N3O/c1-14(16-5-3-2-4-6-16)25-10-9-15(13-25)12-23-20(26)24-17-7-8-18(21)19(22)11-17/h2-8,11,14-15H,9-10,12-13H2,1H3,(H2,23,24,26)/t14-,15-/m0/s1. The molecule has 26 heavy (non-hydrogen) atoms. The number of nitrogens with one attached hydrogen (secondary N) is 2. The lowest BCUT2D eigenvalue weighted by atomic mass is 10.1. The largest absolute Gasteiger partial charge is 0.338 e. The maximum absolute atomic E-state index is 12.1. The van der Waals surface area contributed by atoms with Crippen LogP contribution >= 0.6 is 23.2 Å². The Bertz CT molecular complexity index is 754. The summed E-state index contributed by atoms with van der Waals surface area (Å²) in [6, 6.07) is 15.7. The number of likely N-dealkylation sites (tertiary alicyclic amines) is 1. The zero-order chi connectivity index (χ0) is 18.5. The summed E-state index contributed by atoms with van der Waals surface area (Å²) in [5.74, 6) is 0.459. The third-order valence-electron chi connectivity index (χ3n) is 4.88. The van der Waals surface area contributed by atoms with Crippen molar-refractivity contribution in [3.05, 3.63) is 64.1 Å². The fourth-order valence-corrected chi connectivity index (χ4v) is 3.61. The predicted octanol–water partition coefficient (Wildman–Crippen LogP) is 5.20. The Morgan fingerprint density at radius 1 is 1.19 bits per heavy atom. The van der Waals surface area contributed by atoms with Crippen molar-refractivity contribution in [2.24, 2.45) is 5.92 Å². The van der Waals surface area contributed by atoms with E-state index in [-0.39, 0.29) is 6.03 Å². The molecule has 0 radical (unpaired) electrons. The molecule has 0 spiro atoms. The molecule has 2 amide bonds. The van der Waals surface area contributed by atoms with Gasteiger partial charge in [0.15, 0.2) is 0 Å². The normalized spacial score (nSPS) is 18.5. The highest BCUT2D eigenvalue weighted by Gasteiger charge is 2.26. The highest BCUT2D eigenvalue weighted by Crippen LogP contribution is 2.27. The lowest BCUT2D eigenvalue weighted by Gasteiger charge is -2.24. The number of halogens is 2. The Hall–Kier alpha value is -1.75. The number of carbonyl (C=O) groups is 1. The van der Waals surface area contributed by atoms with Gasteiger partial charge in [-0.2, -0.15) is 0 Å². The highest BCUT2D eigenvalue weighted by atomic mass is 35.5. The monoisotopic (exact) mass is 391 g/mol. The van der Waals surface area contributed by atoms with Gasteiger partial charge in [0.1, 0.15) is 0 Å². The first-order valence-corrected chi connectivity index (χ1v) is 9.57. The molecule has 138 valence electrons. The summed E-state index contributed by atoms with van der Waals surface area (Å²) in [7, 11) is 0. The predicted molar refractivity (Wildman–Crippen MR) is 108 cm³/mol. The van der Waals surface area contributed by atoms with Crippen LogP contribution in [0.1, 0.15) is 24.9 Å². The topological polar surface area (TPSA) is 44.4 Å². The number of benzene rings is 2. The van der Waals surface area contributed by atoms with Crippen LogP contribution in [0.4, 0.5) is 10.5 Å². The van der Waals surface area contributed by atoms with Gasteiger partial charge in [0.05, 0.1) is 10.0 Å². The van der Waals surface area contributed by atoms with Crippen LogP contribution in [-0.4, -0.2) is 30.6 Å². The summed E-state index contributed by atoms with van der Waals surface area (Å²) in [6.07, 6.45) is 1.09. The van der Waals surface area contributed by atoms with Crippen molar-refractivity contribution < 1.29 is 4.79 Å². The number of urea groups is 1. The molecule has 3 rings (SSSR count). The van der Waals surface area contributed by atoms with Crippen LogP contribution in [-0.2, 0) is 0 Å². The minimum absolute atomic E-state index is 0.224. The van der Waals surface area contributed by atoms with Crippen molar-refractivity contribution in [2.75, 3.05) is 25.0 Å². The molecule has 0 saturated carbocycles. The third-order valence-corrected chi connectivity index (χ3v) is 5.61. The summed E-state index contributed by atoms with van der Waals surface area (Å²) < 4.78 is 0. The molecule has 2 aromatic carbocycles. The van der Waals surface area contributed by atoms with Gasteiger partial charge in [-0.25, -0.2) is 4.79 Å². The smallest absolute Gasteiger partial charge is 0.319 e. The van der Waals surface area contributed by atoms with E-state index in [1.807, 2.05) is 6.07 Å². The van der Waals surface area contributed by atoms with E-state index in [1.165, 1.54) is 5.56 Å². The van der Waals surface area contributed by atoms with Crippen molar-refractivity contribution in [3.8, 4) is 0 Å². The molecular weight excluding hydrogens is 369 g/mol. The second kappa shape index (κ2) is 8.76. The molecule has 1 aliphatic heterocycles. The van der Waals surface area contributed by atoms with Crippen LogP contribution in [0.2, 0.25) is 10.0 Å². The number of hydrogen-bond acceptors (Lipinski definition) is 2. The summed E-state index contributed by atoms with van der Waals surface area (Å²) in [5.41, 5.74) is 1.96. The van der Waals surface area contributed by atoms with Gasteiger partial charge in [0.25, 0.3) is 0 Å². The lowest BCUT2D eigenvalue weighted by molar-refractivity contribution is 0.243. The third kappa shape index (κ3) is 4.91. The Kier molecular flexibility index (Phi) is 6.41. The molecule has 0 aromatic heterocycles. The highest BCUT2D eigenvalue weighted by molar-refractivity contribution is 6.42. The molecule has 2 N–H and O–H groups in total. The molecular formula is C20H23Cl2N3O. The van der Waals surface area contributed by atoms with Gasteiger partial charge in [-0.05, 0) is 49.6 Å². The van der Waals surface area contributed by atoms with Crippen molar-refractivity contribution in [2.45, 2.75) is 19.4 Å². The quantitative estimate of drug-likeness (QED) is 0.735. The van der Waals surface area contributed by atoms with Gasteiger partial charge in [0, 0.05) is 24.8 Å². The number of nitrogens with zero attached hydrogens (tertiary/aromatic N) is 1. The van der Waals surface area contributed by atoms with Gasteiger partial charge in [-0.15, -0.1) is 0 Å². The fraction of sp³-hybridized carbons (Fsp3) is 0.350. The van der Waals surface area contributed by atoms with Crippen LogP contribution in [0.25, 0.3) is 0 Å². The molecule has 0 aliphatic carbocycles. The van der Waals surface area contributed by atoms with E-state index in [4.69, 9.17) is 23.2 Å². The fourth-order valence-electron chi connectivity index (χ4n) is 3.31. The Morgan fingerprint density at radius 2 is 1.96 bits per heavy atom. The van der Waals surface area contributed by atoms with E-state index >= 15 is 0 Å². The first kappa shape index (κ1) is 19.0. The van der Waals surface area contributed by atoms with Crippen molar-refractivity contribution in [1.29, 1.82) is 0 Å². The summed E-state index contributed by atoms with van der Waals surface area (Å²) in [4.78, 5) is 14.6. The first-order chi connectivity index (χ1) is 12.5. The van der Waals surface area contributed by atoms with E-state index in [2.05, 4.69) is 46.7 Å². The molecule has 4 nitrogen and oxygen atoms in total. The molecule has 0 unspecified atom stereocenters. The number of amides is 2. The molecule has 2 aromatic rings.